The first kappa shape index (κ1) is 9.23. The van der Waals surface area contributed by atoms with Gasteiger partial charge in [-0.05, 0) is 40.3 Å². The van der Waals surface area contributed by atoms with Crippen LogP contribution in [0.25, 0.3) is 0 Å². The van der Waals surface area contributed by atoms with E-state index in [1.165, 1.54) is 0 Å². The summed E-state index contributed by atoms with van der Waals surface area (Å²) in [6.07, 6.45) is 0. The van der Waals surface area contributed by atoms with Gasteiger partial charge in [-0.25, -0.2) is 0 Å². The molecule has 0 bridgehead atoms. The average molecular weight is 282 g/mol. The Morgan fingerprint density at radius 1 is 1.55 bits per heavy atom. The highest BCUT2D eigenvalue weighted by atomic mass is 127. The zero-order valence-electron chi connectivity index (χ0n) is 5.75. The smallest absolute Gasteiger partial charge is 0.136 e. The number of hydrogen-bond acceptors (Lipinski definition) is 2. The molecule has 0 amide bonds. The summed E-state index contributed by atoms with van der Waals surface area (Å²) in [5, 5.41) is 8.78. The van der Waals surface area contributed by atoms with Gasteiger partial charge in [-0.15, -0.1) is 0 Å². The first-order valence-corrected chi connectivity index (χ1v) is 4.59. The van der Waals surface area contributed by atoms with Gasteiger partial charge in [0, 0.05) is 0 Å². The molecule has 0 heterocycles. The normalized spacial score (nSPS) is 9.73. The highest BCUT2D eigenvalue weighted by molar-refractivity contribution is 14.1. The van der Waals surface area contributed by atoms with Crippen LogP contribution in [0.4, 0.5) is 0 Å². The van der Waals surface area contributed by atoms with Gasteiger partial charge in [-0.3, -0.25) is 0 Å². The molecular formula is C7H8IO2P. The van der Waals surface area contributed by atoms with Crippen LogP contribution in [0.5, 0.6) is 5.75 Å². The Morgan fingerprint density at radius 2 is 2.27 bits per heavy atom. The van der Waals surface area contributed by atoms with Crippen molar-refractivity contribution in [1.29, 1.82) is 0 Å². The summed E-state index contributed by atoms with van der Waals surface area (Å²) in [7, 11) is 2.18. The van der Waals surface area contributed by atoms with Gasteiger partial charge in [0.15, 0.2) is 0 Å². The Labute approximate surface area is 81.4 Å². The second kappa shape index (κ2) is 4.24. The largest absolute Gasteiger partial charge is 0.479 e. The minimum Gasteiger partial charge on any atom is -0.479 e. The van der Waals surface area contributed by atoms with Gasteiger partial charge in [0.05, 0.1) is 19.6 Å². The molecule has 1 rings (SSSR count). The van der Waals surface area contributed by atoms with Crippen molar-refractivity contribution < 1.29 is 9.63 Å². The van der Waals surface area contributed by atoms with Gasteiger partial charge in [0.2, 0.25) is 0 Å². The van der Waals surface area contributed by atoms with E-state index in [4.69, 9.17) is 9.63 Å². The standard InChI is InChI=1S/C7H8IO2P/c8-6-2-1-5(4-9)3-7(6)10-11/h1-3,9H,4,11H2. The predicted molar refractivity (Wildman–Crippen MR) is 55.4 cm³/mol. The topological polar surface area (TPSA) is 29.5 Å². The van der Waals surface area contributed by atoms with Crippen molar-refractivity contribution in [3.63, 3.8) is 0 Å². The van der Waals surface area contributed by atoms with Gasteiger partial charge in [0.1, 0.15) is 5.75 Å². The third kappa shape index (κ3) is 2.29. The second-order valence-corrected chi connectivity index (χ2v) is 3.44. The van der Waals surface area contributed by atoms with Gasteiger partial charge in [0.25, 0.3) is 0 Å². The zero-order valence-corrected chi connectivity index (χ0v) is 9.06. The van der Waals surface area contributed by atoms with Gasteiger partial charge in [-0.2, -0.15) is 0 Å². The molecule has 0 aromatic heterocycles. The van der Waals surface area contributed by atoms with Crippen molar-refractivity contribution in [2.75, 3.05) is 0 Å². The van der Waals surface area contributed by atoms with E-state index < -0.39 is 0 Å². The molecule has 11 heavy (non-hydrogen) atoms. The summed E-state index contributed by atoms with van der Waals surface area (Å²) in [6.45, 7) is 0.0535. The minimum atomic E-state index is 0.0535. The van der Waals surface area contributed by atoms with Crippen LogP contribution >= 0.6 is 32.1 Å². The number of aliphatic hydroxyl groups is 1. The SMILES string of the molecule is OCc1ccc(I)c(OP)c1. The Morgan fingerprint density at radius 3 is 2.82 bits per heavy atom. The lowest BCUT2D eigenvalue weighted by atomic mass is 10.2. The number of rotatable bonds is 2. The molecule has 1 aromatic rings. The molecule has 0 radical (unpaired) electrons. The van der Waals surface area contributed by atoms with Crippen LogP contribution in [-0.2, 0) is 6.61 Å². The summed E-state index contributed by atoms with van der Waals surface area (Å²) in [5.41, 5.74) is 0.864. The molecule has 60 valence electrons. The summed E-state index contributed by atoms with van der Waals surface area (Å²) in [5.74, 6) is 0.780. The quantitative estimate of drug-likeness (QED) is 0.663. The molecule has 2 nitrogen and oxygen atoms in total. The van der Waals surface area contributed by atoms with Crippen molar-refractivity contribution in [1.82, 2.24) is 0 Å². The fourth-order valence-electron chi connectivity index (χ4n) is 0.736. The molecule has 1 atom stereocenters. The molecule has 1 N–H and O–H groups in total. The predicted octanol–water partition coefficient (Wildman–Crippen LogP) is 1.95. The second-order valence-electron chi connectivity index (χ2n) is 2.04. The van der Waals surface area contributed by atoms with Crippen LogP contribution in [0.1, 0.15) is 5.56 Å². The lowest BCUT2D eigenvalue weighted by molar-refractivity contribution is 0.281. The first-order chi connectivity index (χ1) is 5.27. The van der Waals surface area contributed by atoms with Crippen molar-refractivity contribution in [3.05, 3.63) is 27.3 Å². The molecule has 1 unspecified atom stereocenters. The third-order valence-electron chi connectivity index (χ3n) is 1.31. The zero-order chi connectivity index (χ0) is 8.27. The Bertz CT molecular complexity index is 252. The van der Waals surface area contributed by atoms with Gasteiger partial charge >= 0.3 is 0 Å². The van der Waals surface area contributed by atoms with E-state index in [0.29, 0.717) is 0 Å². The lowest BCUT2D eigenvalue weighted by Crippen LogP contribution is -1.86. The van der Waals surface area contributed by atoms with Gasteiger partial charge < -0.3 is 9.63 Å². The Balaban J connectivity index is 3.02. The van der Waals surface area contributed by atoms with E-state index in [9.17, 15) is 0 Å². The van der Waals surface area contributed by atoms with E-state index in [1.54, 1.807) is 0 Å². The maximum Gasteiger partial charge on any atom is 0.136 e. The Kier molecular flexibility index (Phi) is 3.55. The summed E-state index contributed by atoms with van der Waals surface area (Å²) >= 11 is 2.17. The summed E-state index contributed by atoms with van der Waals surface area (Å²) < 4.78 is 6.02. The van der Waals surface area contributed by atoms with E-state index in [1.807, 2.05) is 18.2 Å². The average Bonchev–Trinajstić information content (AvgIpc) is 2.05. The molecular weight excluding hydrogens is 274 g/mol. The van der Waals surface area contributed by atoms with Crippen molar-refractivity contribution in [3.8, 4) is 5.75 Å². The summed E-state index contributed by atoms with van der Waals surface area (Å²) in [4.78, 5) is 0. The van der Waals surface area contributed by atoms with Crippen LogP contribution in [0.3, 0.4) is 0 Å². The number of hydrogen-bond donors (Lipinski definition) is 1. The van der Waals surface area contributed by atoms with Crippen LogP contribution in [0.2, 0.25) is 0 Å². The van der Waals surface area contributed by atoms with E-state index in [2.05, 4.69) is 32.1 Å². The molecule has 0 saturated heterocycles. The first-order valence-electron chi connectivity index (χ1n) is 3.04. The third-order valence-corrected chi connectivity index (χ3v) is 2.45. The lowest BCUT2D eigenvalue weighted by Gasteiger charge is -2.03. The molecule has 0 aliphatic rings. The number of benzene rings is 1. The van der Waals surface area contributed by atoms with Crippen molar-refractivity contribution >= 4 is 32.1 Å². The van der Waals surface area contributed by atoms with E-state index >= 15 is 0 Å². The van der Waals surface area contributed by atoms with Crippen molar-refractivity contribution in [2.24, 2.45) is 0 Å². The highest BCUT2D eigenvalue weighted by Gasteiger charge is 1.99. The summed E-state index contributed by atoms with van der Waals surface area (Å²) in [6, 6.07) is 5.59. The van der Waals surface area contributed by atoms with Crippen LogP contribution in [0.15, 0.2) is 18.2 Å². The monoisotopic (exact) mass is 282 g/mol. The van der Waals surface area contributed by atoms with Crippen LogP contribution in [-0.4, -0.2) is 5.11 Å². The molecule has 4 heteroatoms. The Hall–Kier alpha value is 0.140. The van der Waals surface area contributed by atoms with Crippen molar-refractivity contribution in [2.45, 2.75) is 6.61 Å². The van der Waals surface area contributed by atoms with Gasteiger partial charge in [-0.1, -0.05) is 6.07 Å². The van der Waals surface area contributed by atoms with E-state index in [-0.39, 0.29) is 6.61 Å². The maximum atomic E-state index is 8.78. The molecule has 1 aromatic carbocycles. The van der Waals surface area contributed by atoms with E-state index in [0.717, 1.165) is 14.9 Å². The molecule has 0 fully saturated rings. The maximum absolute atomic E-state index is 8.78. The number of aliphatic hydroxyl groups excluding tert-OH is 1. The number of halogens is 1. The highest BCUT2D eigenvalue weighted by Crippen LogP contribution is 2.23. The minimum absolute atomic E-state index is 0.0535. The molecule has 0 aliphatic carbocycles. The molecule has 0 saturated carbocycles. The van der Waals surface area contributed by atoms with Crippen LogP contribution in [0, 0.1) is 3.57 Å². The fourth-order valence-corrected chi connectivity index (χ4v) is 1.63. The molecule has 0 spiro atoms. The van der Waals surface area contributed by atoms with Crippen LogP contribution < -0.4 is 4.52 Å². The fraction of sp³-hybridized carbons (Fsp3) is 0.143. The molecule has 0 aliphatic heterocycles.